The monoisotopic (exact) mass is 796 g/mol. The molecule has 0 saturated heterocycles. The SMILES string of the molecule is CC(C)(C)c1cc(CSc2ccccc2SCc2cc(C(C)(C)C)cc(-n3c4ccccc4c4ccccc43)c2O)c(O)c(-n2c3ccccc3c3ccccc32)c1. The van der Waals surface area contributed by atoms with E-state index in [2.05, 4.69) is 196 Å². The third-order valence-electron chi connectivity index (χ3n) is 11.3. The highest BCUT2D eigenvalue weighted by molar-refractivity contribution is 8.01. The Morgan fingerprint density at radius 1 is 0.414 bits per heavy atom. The summed E-state index contributed by atoms with van der Waals surface area (Å²) in [5.74, 6) is 1.80. The molecule has 9 rings (SSSR count). The number of phenolic OH excluding ortho intramolecular Hbond substituents is 2. The molecule has 0 aliphatic carbocycles. The van der Waals surface area contributed by atoms with Crippen LogP contribution in [-0.4, -0.2) is 19.3 Å². The number of aromatic hydroxyl groups is 2. The molecule has 9 aromatic rings. The van der Waals surface area contributed by atoms with Gasteiger partial charge in [-0.15, -0.1) is 23.5 Å². The average molecular weight is 797 g/mol. The summed E-state index contributed by atoms with van der Waals surface area (Å²) < 4.78 is 4.44. The molecule has 0 fully saturated rings. The minimum atomic E-state index is -0.129. The van der Waals surface area contributed by atoms with E-state index < -0.39 is 0 Å². The molecule has 7 aromatic carbocycles. The van der Waals surface area contributed by atoms with E-state index in [1.165, 1.54) is 32.7 Å². The Morgan fingerprint density at radius 2 is 0.707 bits per heavy atom. The van der Waals surface area contributed by atoms with Gasteiger partial charge in [-0.25, -0.2) is 0 Å². The minimum Gasteiger partial charge on any atom is -0.505 e. The first kappa shape index (κ1) is 38.0. The zero-order chi connectivity index (χ0) is 40.3. The topological polar surface area (TPSA) is 50.3 Å². The fourth-order valence-corrected chi connectivity index (χ4v) is 10.3. The van der Waals surface area contributed by atoms with E-state index in [-0.39, 0.29) is 10.8 Å². The van der Waals surface area contributed by atoms with Crippen LogP contribution in [0.3, 0.4) is 0 Å². The number of hydrogen-bond acceptors (Lipinski definition) is 4. The second kappa shape index (κ2) is 14.7. The lowest BCUT2D eigenvalue weighted by atomic mass is 9.85. The summed E-state index contributed by atoms with van der Waals surface area (Å²) >= 11 is 3.48. The zero-order valence-corrected chi connectivity index (χ0v) is 35.5. The van der Waals surface area contributed by atoms with Gasteiger partial charge in [-0.1, -0.05) is 139 Å². The van der Waals surface area contributed by atoms with E-state index in [9.17, 15) is 10.2 Å². The van der Waals surface area contributed by atoms with Gasteiger partial charge in [0.25, 0.3) is 0 Å². The highest BCUT2D eigenvalue weighted by Crippen LogP contribution is 2.44. The van der Waals surface area contributed by atoms with Crippen LogP contribution in [0.5, 0.6) is 11.5 Å². The maximum absolute atomic E-state index is 12.2. The van der Waals surface area contributed by atoms with Crippen LogP contribution in [0.2, 0.25) is 0 Å². The highest BCUT2D eigenvalue weighted by atomic mass is 32.2. The van der Waals surface area contributed by atoms with E-state index in [1.54, 1.807) is 23.5 Å². The molecule has 0 spiro atoms. The second-order valence-corrected chi connectivity index (χ2v) is 19.3. The predicted octanol–water partition coefficient (Wildman–Crippen LogP) is 14.5. The van der Waals surface area contributed by atoms with Crippen molar-refractivity contribution >= 4 is 67.1 Å². The maximum Gasteiger partial charge on any atom is 0.143 e. The summed E-state index contributed by atoms with van der Waals surface area (Å²) in [5.41, 5.74) is 9.80. The smallest absolute Gasteiger partial charge is 0.143 e. The Balaban J connectivity index is 1.07. The molecule has 2 heterocycles. The molecule has 290 valence electrons. The summed E-state index contributed by atoms with van der Waals surface area (Å²) in [5, 5.41) is 29.0. The van der Waals surface area contributed by atoms with E-state index >= 15 is 0 Å². The normalized spacial score (nSPS) is 12.4. The number of benzene rings is 7. The minimum absolute atomic E-state index is 0.129. The molecule has 2 aromatic heterocycles. The van der Waals surface area contributed by atoms with Crippen LogP contribution >= 0.6 is 23.5 Å². The number of phenols is 2. The Kier molecular flexibility index (Phi) is 9.61. The van der Waals surface area contributed by atoms with Crippen molar-refractivity contribution in [1.29, 1.82) is 0 Å². The lowest BCUT2D eigenvalue weighted by Gasteiger charge is -2.24. The van der Waals surface area contributed by atoms with Crippen LogP contribution in [0, 0.1) is 0 Å². The van der Waals surface area contributed by atoms with Crippen LogP contribution in [0.1, 0.15) is 63.8 Å². The van der Waals surface area contributed by atoms with Crippen LogP contribution in [0.4, 0.5) is 0 Å². The van der Waals surface area contributed by atoms with Crippen molar-refractivity contribution in [3.63, 3.8) is 0 Å². The van der Waals surface area contributed by atoms with Crippen molar-refractivity contribution in [2.75, 3.05) is 0 Å². The van der Waals surface area contributed by atoms with Gasteiger partial charge in [0.1, 0.15) is 11.5 Å². The fraction of sp³-hybridized carbons (Fsp3) is 0.192. The summed E-state index contributed by atoms with van der Waals surface area (Å²) in [6.07, 6.45) is 0. The first-order valence-corrected chi connectivity index (χ1v) is 21.9. The molecule has 4 nitrogen and oxygen atoms in total. The first-order valence-electron chi connectivity index (χ1n) is 19.9. The molecule has 6 heteroatoms. The highest BCUT2D eigenvalue weighted by Gasteiger charge is 2.24. The Bertz CT molecular complexity index is 2700. The van der Waals surface area contributed by atoms with Crippen molar-refractivity contribution in [3.05, 3.63) is 168 Å². The molecule has 0 atom stereocenters. The third kappa shape index (κ3) is 6.72. The first-order chi connectivity index (χ1) is 27.9. The van der Waals surface area contributed by atoms with Crippen LogP contribution in [0.15, 0.2) is 155 Å². The molecule has 0 amide bonds. The number of fused-ring (bicyclic) bond motifs is 6. The summed E-state index contributed by atoms with van der Waals surface area (Å²) in [4.78, 5) is 2.28. The summed E-state index contributed by atoms with van der Waals surface area (Å²) in [6.45, 7) is 13.4. The van der Waals surface area contributed by atoms with Crippen LogP contribution < -0.4 is 0 Å². The molecule has 2 N–H and O–H groups in total. The van der Waals surface area contributed by atoms with Gasteiger partial charge in [-0.2, -0.15) is 0 Å². The molecular weight excluding hydrogens is 749 g/mol. The quantitative estimate of drug-likeness (QED) is 0.150. The van der Waals surface area contributed by atoms with Gasteiger partial charge in [0.15, 0.2) is 0 Å². The van der Waals surface area contributed by atoms with Gasteiger partial charge >= 0.3 is 0 Å². The van der Waals surface area contributed by atoms with E-state index in [4.69, 9.17) is 0 Å². The van der Waals surface area contributed by atoms with Gasteiger partial charge in [-0.05, 0) is 70.5 Å². The predicted molar refractivity (Wildman–Crippen MR) is 248 cm³/mol. The Hall–Kier alpha value is -5.56. The number of hydrogen-bond donors (Lipinski definition) is 2. The molecule has 0 saturated carbocycles. The van der Waals surface area contributed by atoms with Gasteiger partial charge in [0.05, 0.1) is 33.4 Å². The van der Waals surface area contributed by atoms with Gasteiger partial charge in [0.2, 0.25) is 0 Å². The summed E-state index contributed by atoms with van der Waals surface area (Å²) in [7, 11) is 0. The maximum atomic E-state index is 12.2. The zero-order valence-electron chi connectivity index (χ0n) is 33.9. The van der Waals surface area contributed by atoms with Crippen molar-refractivity contribution in [1.82, 2.24) is 9.13 Å². The standard InChI is InChI=1S/C52H48N2O2S2/c1-51(2,3)35-27-33(49(55)45(29-35)53-41-21-11-7-17-37(41)38-18-8-12-22-42(38)53)31-57-47-25-15-16-26-48(47)58-32-34-28-36(52(4,5)6)30-46(50(34)56)54-43-23-13-9-19-39(43)40-20-10-14-24-44(40)54/h7-30,55-56H,31-32H2,1-6H3. The van der Waals surface area contributed by atoms with E-state index in [1.807, 2.05) is 0 Å². The molecule has 0 bridgehead atoms. The Morgan fingerprint density at radius 3 is 1.02 bits per heavy atom. The van der Waals surface area contributed by atoms with Crippen molar-refractivity contribution < 1.29 is 10.2 Å². The fourth-order valence-electron chi connectivity index (χ4n) is 8.15. The molecule has 0 aliphatic rings. The number of para-hydroxylation sites is 4. The van der Waals surface area contributed by atoms with Crippen molar-refractivity contribution in [3.8, 4) is 22.9 Å². The van der Waals surface area contributed by atoms with Crippen molar-refractivity contribution in [2.45, 2.75) is 73.7 Å². The second-order valence-electron chi connectivity index (χ2n) is 17.3. The van der Waals surface area contributed by atoms with Gasteiger partial charge in [0, 0.05) is 54.0 Å². The number of thioether (sulfide) groups is 2. The lowest BCUT2D eigenvalue weighted by Crippen LogP contribution is -2.13. The number of rotatable bonds is 8. The molecule has 58 heavy (non-hydrogen) atoms. The number of aromatic nitrogens is 2. The van der Waals surface area contributed by atoms with Gasteiger partial charge in [-0.3, -0.25) is 0 Å². The van der Waals surface area contributed by atoms with E-state index in [0.29, 0.717) is 23.0 Å². The molecule has 0 unspecified atom stereocenters. The molecule has 0 radical (unpaired) electrons. The largest absolute Gasteiger partial charge is 0.505 e. The number of nitrogens with zero attached hydrogens (tertiary/aromatic N) is 2. The van der Waals surface area contributed by atoms with Crippen molar-refractivity contribution in [2.24, 2.45) is 0 Å². The third-order valence-corrected chi connectivity index (χ3v) is 13.7. The van der Waals surface area contributed by atoms with Gasteiger partial charge < -0.3 is 19.3 Å². The summed E-state index contributed by atoms with van der Waals surface area (Å²) in [6, 6.07) is 51.0. The van der Waals surface area contributed by atoms with E-state index in [0.717, 1.165) is 54.4 Å². The lowest BCUT2D eigenvalue weighted by molar-refractivity contribution is 0.466. The Labute approximate surface area is 349 Å². The van der Waals surface area contributed by atoms with Crippen LogP contribution in [-0.2, 0) is 22.3 Å². The molecular formula is C52H48N2O2S2. The average Bonchev–Trinajstić information content (AvgIpc) is 3.73. The molecule has 0 aliphatic heterocycles. The van der Waals surface area contributed by atoms with Crippen LogP contribution in [0.25, 0.3) is 55.0 Å².